The third-order valence-corrected chi connectivity index (χ3v) is 3.56. The SMILES string of the molecule is CCc1[nH]ncc1C(=O)N1CCO[C@@H](c2n[nH]c(C)n2)C1. The molecule has 0 unspecified atom stereocenters. The Bertz CT molecular complexity index is 634. The molecule has 1 amide bonds. The molecule has 0 bridgehead atoms. The summed E-state index contributed by atoms with van der Waals surface area (Å²) in [4.78, 5) is 18.6. The minimum absolute atomic E-state index is 0.0267. The van der Waals surface area contributed by atoms with Gasteiger partial charge in [-0.05, 0) is 13.3 Å². The highest BCUT2D eigenvalue weighted by molar-refractivity contribution is 5.95. The maximum Gasteiger partial charge on any atom is 0.257 e. The zero-order chi connectivity index (χ0) is 14.8. The molecule has 0 aromatic carbocycles. The van der Waals surface area contributed by atoms with Gasteiger partial charge in [-0.25, -0.2) is 4.98 Å². The van der Waals surface area contributed by atoms with E-state index in [0.29, 0.717) is 31.1 Å². The van der Waals surface area contributed by atoms with Crippen LogP contribution in [0.3, 0.4) is 0 Å². The summed E-state index contributed by atoms with van der Waals surface area (Å²) in [5.74, 6) is 1.30. The maximum absolute atomic E-state index is 12.6. The Balaban J connectivity index is 1.75. The van der Waals surface area contributed by atoms with Gasteiger partial charge in [0.25, 0.3) is 5.91 Å². The first-order valence-electron chi connectivity index (χ1n) is 7.01. The first-order valence-corrected chi connectivity index (χ1v) is 7.01. The Kier molecular flexibility index (Phi) is 3.70. The number of morpholine rings is 1. The molecule has 8 nitrogen and oxygen atoms in total. The molecule has 112 valence electrons. The van der Waals surface area contributed by atoms with Gasteiger partial charge in [0.2, 0.25) is 0 Å². The smallest absolute Gasteiger partial charge is 0.257 e. The van der Waals surface area contributed by atoms with Gasteiger partial charge in [-0.15, -0.1) is 0 Å². The molecule has 3 rings (SSSR count). The Hall–Kier alpha value is -2.22. The summed E-state index contributed by atoms with van der Waals surface area (Å²) in [6, 6.07) is 0. The number of hydrogen-bond donors (Lipinski definition) is 2. The Morgan fingerprint density at radius 1 is 1.52 bits per heavy atom. The van der Waals surface area contributed by atoms with E-state index in [9.17, 15) is 4.79 Å². The van der Waals surface area contributed by atoms with Crippen LogP contribution in [-0.4, -0.2) is 55.9 Å². The third-order valence-electron chi connectivity index (χ3n) is 3.56. The molecule has 2 aromatic heterocycles. The molecule has 1 aliphatic heterocycles. The van der Waals surface area contributed by atoms with Crippen molar-refractivity contribution >= 4 is 5.91 Å². The van der Waals surface area contributed by atoms with Gasteiger partial charge >= 0.3 is 0 Å². The van der Waals surface area contributed by atoms with Crippen LogP contribution in [0, 0.1) is 6.92 Å². The number of nitrogens with zero attached hydrogens (tertiary/aromatic N) is 4. The summed E-state index contributed by atoms with van der Waals surface area (Å²) < 4.78 is 5.67. The molecular formula is C13H18N6O2. The van der Waals surface area contributed by atoms with Gasteiger partial charge in [0.1, 0.15) is 11.9 Å². The molecule has 1 aliphatic rings. The lowest BCUT2D eigenvalue weighted by Crippen LogP contribution is -2.42. The van der Waals surface area contributed by atoms with Crippen LogP contribution in [0.4, 0.5) is 0 Å². The summed E-state index contributed by atoms with van der Waals surface area (Å²) in [7, 11) is 0. The van der Waals surface area contributed by atoms with E-state index in [2.05, 4.69) is 25.4 Å². The van der Waals surface area contributed by atoms with Crippen LogP contribution in [0.5, 0.6) is 0 Å². The van der Waals surface area contributed by atoms with E-state index in [4.69, 9.17) is 4.74 Å². The largest absolute Gasteiger partial charge is 0.366 e. The van der Waals surface area contributed by atoms with Crippen molar-refractivity contribution in [2.75, 3.05) is 19.7 Å². The van der Waals surface area contributed by atoms with Gasteiger partial charge in [0, 0.05) is 12.2 Å². The molecule has 21 heavy (non-hydrogen) atoms. The molecule has 8 heteroatoms. The van der Waals surface area contributed by atoms with E-state index >= 15 is 0 Å². The van der Waals surface area contributed by atoms with E-state index < -0.39 is 0 Å². The number of nitrogens with one attached hydrogen (secondary N) is 2. The van der Waals surface area contributed by atoms with Crippen LogP contribution in [-0.2, 0) is 11.2 Å². The Morgan fingerprint density at radius 2 is 2.38 bits per heavy atom. The van der Waals surface area contributed by atoms with Crippen molar-refractivity contribution in [2.24, 2.45) is 0 Å². The standard InChI is InChI=1S/C13H18N6O2/c1-3-10-9(6-14-17-10)13(20)19-4-5-21-11(7-19)12-15-8(2)16-18-12/h6,11H,3-5,7H2,1-2H3,(H,14,17)(H,15,16,18)/t11-/m1/s1. The molecule has 1 atom stereocenters. The number of amides is 1. The number of rotatable bonds is 3. The lowest BCUT2D eigenvalue weighted by atomic mass is 10.1. The van der Waals surface area contributed by atoms with Gasteiger partial charge in [0.05, 0.1) is 24.9 Å². The second kappa shape index (κ2) is 5.65. The van der Waals surface area contributed by atoms with Crippen molar-refractivity contribution in [3.05, 3.63) is 29.1 Å². The van der Waals surface area contributed by atoms with Gasteiger partial charge in [-0.1, -0.05) is 6.92 Å². The second-order valence-corrected chi connectivity index (χ2v) is 5.01. The number of ether oxygens (including phenoxy) is 1. The highest BCUT2D eigenvalue weighted by Gasteiger charge is 2.29. The molecule has 2 N–H and O–H groups in total. The van der Waals surface area contributed by atoms with Crippen molar-refractivity contribution in [1.82, 2.24) is 30.3 Å². The van der Waals surface area contributed by atoms with E-state index in [1.54, 1.807) is 11.1 Å². The van der Waals surface area contributed by atoms with E-state index in [0.717, 1.165) is 17.9 Å². The van der Waals surface area contributed by atoms with Crippen LogP contribution in [0.25, 0.3) is 0 Å². The highest BCUT2D eigenvalue weighted by Crippen LogP contribution is 2.21. The minimum atomic E-state index is -0.287. The minimum Gasteiger partial charge on any atom is -0.366 e. The normalized spacial score (nSPS) is 19.0. The molecule has 0 saturated carbocycles. The highest BCUT2D eigenvalue weighted by atomic mass is 16.5. The molecule has 3 heterocycles. The Labute approximate surface area is 121 Å². The summed E-state index contributed by atoms with van der Waals surface area (Å²) in [6.45, 7) is 5.31. The lowest BCUT2D eigenvalue weighted by Gasteiger charge is -2.31. The lowest BCUT2D eigenvalue weighted by molar-refractivity contribution is -0.0267. The Morgan fingerprint density at radius 3 is 3.10 bits per heavy atom. The first-order chi connectivity index (χ1) is 10.2. The first kappa shape index (κ1) is 13.7. The maximum atomic E-state index is 12.6. The van der Waals surface area contributed by atoms with Gasteiger partial charge in [-0.3, -0.25) is 15.0 Å². The summed E-state index contributed by atoms with van der Waals surface area (Å²) in [6.07, 6.45) is 2.04. The van der Waals surface area contributed by atoms with Crippen LogP contribution < -0.4 is 0 Å². The van der Waals surface area contributed by atoms with E-state index in [-0.39, 0.29) is 12.0 Å². The predicted octanol–water partition coefficient (Wildman–Crippen LogP) is 0.612. The molecule has 1 fully saturated rings. The molecule has 0 radical (unpaired) electrons. The van der Waals surface area contributed by atoms with E-state index in [1.165, 1.54) is 0 Å². The third kappa shape index (κ3) is 2.66. The summed E-state index contributed by atoms with van der Waals surface area (Å²) >= 11 is 0. The molecule has 0 spiro atoms. The van der Waals surface area contributed by atoms with Crippen molar-refractivity contribution in [3.8, 4) is 0 Å². The van der Waals surface area contributed by atoms with Gasteiger partial charge in [0.15, 0.2) is 5.82 Å². The molecule has 1 saturated heterocycles. The van der Waals surface area contributed by atoms with Crippen molar-refractivity contribution in [1.29, 1.82) is 0 Å². The van der Waals surface area contributed by atoms with Crippen LogP contribution >= 0.6 is 0 Å². The fourth-order valence-corrected chi connectivity index (χ4v) is 2.43. The number of H-pyrrole nitrogens is 2. The number of aryl methyl sites for hydroxylation is 2. The second-order valence-electron chi connectivity index (χ2n) is 5.01. The molecule has 0 aliphatic carbocycles. The quantitative estimate of drug-likeness (QED) is 0.863. The molecular weight excluding hydrogens is 272 g/mol. The van der Waals surface area contributed by atoms with Gasteiger partial charge < -0.3 is 9.64 Å². The topological polar surface area (TPSA) is 99.8 Å². The average Bonchev–Trinajstić information content (AvgIpc) is 3.15. The van der Waals surface area contributed by atoms with Crippen molar-refractivity contribution in [3.63, 3.8) is 0 Å². The fraction of sp³-hybridized carbons (Fsp3) is 0.538. The van der Waals surface area contributed by atoms with Crippen molar-refractivity contribution < 1.29 is 9.53 Å². The van der Waals surface area contributed by atoms with Gasteiger partial charge in [-0.2, -0.15) is 10.2 Å². The molecule has 2 aromatic rings. The number of aromatic amines is 2. The average molecular weight is 290 g/mol. The summed E-state index contributed by atoms with van der Waals surface area (Å²) in [5, 5.41) is 13.7. The number of carbonyl (C=O) groups is 1. The fourth-order valence-electron chi connectivity index (χ4n) is 2.43. The summed E-state index contributed by atoms with van der Waals surface area (Å²) in [5.41, 5.74) is 1.49. The number of carbonyl (C=O) groups excluding carboxylic acids is 1. The van der Waals surface area contributed by atoms with Crippen LogP contribution in [0.1, 0.15) is 40.7 Å². The number of hydrogen-bond acceptors (Lipinski definition) is 5. The van der Waals surface area contributed by atoms with E-state index in [1.807, 2.05) is 13.8 Å². The zero-order valence-corrected chi connectivity index (χ0v) is 12.1. The van der Waals surface area contributed by atoms with Crippen LogP contribution in [0.15, 0.2) is 6.20 Å². The van der Waals surface area contributed by atoms with Crippen LogP contribution in [0.2, 0.25) is 0 Å². The predicted molar refractivity (Wildman–Crippen MR) is 73.7 cm³/mol. The monoisotopic (exact) mass is 290 g/mol. The number of aromatic nitrogens is 5. The zero-order valence-electron chi connectivity index (χ0n) is 12.1. The van der Waals surface area contributed by atoms with Crippen molar-refractivity contribution in [2.45, 2.75) is 26.4 Å².